The van der Waals surface area contributed by atoms with E-state index < -0.39 is 0 Å². The first-order chi connectivity index (χ1) is 10.2. The predicted octanol–water partition coefficient (Wildman–Crippen LogP) is 2.12. The molecule has 0 atom stereocenters. The fraction of sp³-hybridized carbons (Fsp3) is 0.588. The van der Waals surface area contributed by atoms with Gasteiger partial charge in [0.05, 0.1) is 16.1 Å². The second-order valence-corrected chi connectivity index (χ2v) is 7.92. The third kappa shape index (κ3) is 4.89. The van der Waals surface area contributed by atoms with Crippen molar-refractivity contribution in [3.8, 4) is 5.75 Å². The molecule has 0 aromatic heterocycles. The molecule has 1 amide bonds. The number of hydrogen-bond donors (Lipinski definition) is 2. The summed E-state index contributed by atoms with van der Waals surface area (Å²) in [6.45, 7) is 8.85. The van der Waals surface area contributed by atoms with Gasteiger partial charge in [-0.05, 0) is 39.8 Å². The minimum Gasteiger partial charge on any atom is -0.482 e. The molecule has 1 aliphatic rings. The van der Waals surface area contributed by atoms with Crippen LogP contribution in [0.1, 0.15) is 40.5 Å². The summed E-state index contributed by atoms with van der Waals surface area (Å²) in [5.41, 5.74) is 0.257. The average molecular weight is 326 g/mol. The van der Waals surface area contributed by atoms with Crippen LogP contribution < -0.4 is 15.4 Å². The molecular weight excluding hydrogens is 300 g/mol. The van der Waals surface area contributed by atoms with Crippen LogP contribution in [0, 0.1) is 0 Å². The Bertz CT molecular complexity index is 527. The lowest BCUT2D eigenvalue weighted by molar-refractivity contribution is -0.787. The van der Waals surface area contributed by atoms with Crippen LogP contribution in [0.25, 0.3) is 0 Å². The highest BCUT2D eigenvalue weighted by Gasteiger charge is 2.42. The van der Waals surface area contributed by atoms with Crippen molar-refractivity contribution in [3.05, 3.63) is 29.3 Å². The maximum Gasteiger partial charge on any atom is 0.258 e. The predicted molar refractivity (Wildman–Crippen MR) is 88.2 cm³/mol. The van der Waals surface area contributed by atoms with E-state index in [0.29, 0.717) is 10.8 Å². The third-order valence-corrected chi connectivity index (χ3v) is 4.20. The van der Waals surface area contributed by atoms with Gasteiger partial charge >= 0.3 is 0 Å². The number of ether oxygens (including phenoxy) is 1. The van der Waals surface area contributed by atoms with Crippen molar-refractivity contribution < 1.29 is 14.8 Å². The molecular formula is C17H26ClN2O2+. The molecule has 0 bridgehead atoms. The lowest BCUT2D eigenvalue weighted by atomic mass is 9.79. The van der Waals surface area contributed by atoms with Gasteiger partial charge in [0.1, 0.15) is 5.75 Å². The van der Waals surface area contributed by atoms with Crippen LogP contribution in [0.15, 0.2) is 24.3 Å². The molecule has 0 unspecified atom stereocenters. The molecule has 0 spiro atoms. The van der Waals surface area contributed by atoms with Crippen molar-refractivity contribution >= 4 is 17.5 Å². The average Bonchev–Trinajstić information content (AvgIpc) is 2.33. The van der Waals surface area contributed by atoms with Gasteiger partial charge in [-0.3, -0.25) is 4.79 Å². The Morgan fingerprint density at radius 1 is 1.27 bits per heavy atom. The van der Waals surface area contributed by atoms with E-state index >= 15 is 0 Å². The first-order valence-electron chi connectivity index (χ1n) is 7.71. The van der Waals surface area contributed by atoms with Crippen molar-refractivity contribution in [2.24, 2.45) is 0 Å². The molecule has 1 saturated heterocycles. The number of quaternary nitrogens is 1. The van der Waals surface area contributed by atoms with E-state index in [2.05, 4.69) is 38.3 Å². The van der Waals surface area contributed by atoms with Crippen LogP contribution in [0.2, 0.25) is 5.02 Å². The Morgan fingerprint density at radius 2 is 1.86 bits per heavy atom. The number of halogens is 1. The van der Waals surface area contributed by atoms with E-state index in [0.717, 1.165) is 12.8 Å². The largest absolute Gasteiger partial charge is 0.482 e. The molecule has 5 heteroatoms. The summed E-state index contributed by atoms with van der Waals surface area (Å²) in [6.07, 6.45) is 1.91. The lowest BCUT2D eigenvalue weighted by Gasteiger charge is -2.43. The first-order valence-corrected chi connectivity index (χ1v) is 8.08. The number of para-hydroxylation sites is 1. The number of carbonyl (C=O) groups excluding carboxylic acids is 1. The molecule has 122 valence electrons. The van der Waals surface area contributed by atoms with Crippen molar-refractivity contribution in [3.63, 3.8) is 0 Å². The highest BCUT2D eigenvalue weighted by Crippen LogP contribution is 2.23. The first kappa shape index (κ1) is 17.1. The topological polar surface area (TPSA) is 54.9 Å². The molecule has 0 aliphatic carbocycles. The number of nitrogens with one attached hydrogen (secondary N) is 1. The summed E-state index contributed by atoms with van der Waals surface area (Å²) in [5, 5.41) is 6.00. The summed E-state index contributed by atoms with van der Waals surface area (Å²) in [6, 6.07) is 7.35. The molecule has 3 N–H and O–H groups in total. The van der Waals surface area contributed by atoms with Crippen LogP contribution in [-0.4, -0.2) is 29.6 Å². The van der Waals surface area contributed by atoms with E-state index in [1.165, 1.54) is 0 Å². The number of carbonyl (C=O) groups is 1. The van der Waals surface area contributed by atoms with E-state index in [-0.39, 0.29) is 29.6 Å². The molecule has 1 aromatic rings. The van der Waals surface area contributed by atoms with Crippen LogP contribution in [-0.2, 0) is 4.79 Å². The quantitative estimate of drug-likeness (QED) is 0.891. The number of hydrogen-bond acceptors (Lipinski definition) is 2. The van der Waals surface area contributed by atoms with Crippen molar-refractivity contribution in [2.75, 3.05) is 6.61 Å². The maximum atomic E-state index is 12.1. The monoisotopic (exact) mass is 325 g/mol. The molecule has 0 radical (unpaired) electrons. The molecule has 1 aliphatic heterocycles. The smallest absolute Gasteiger partial charge is 0.258 e. The number of piperidine rings is 1. The standard InChI is InChI=1S/C17H25ClN2O2/c1-16(2)9-12(10-17(3,4)20-16)19-15(21)11-22-14-8-6-5-7-13(14)18/h5-8,12,20H,9-11H2,1-4H3,(H,19,21)/p+1. The normalized spacial score (nSPS) is 20.4. The summed E-state index contributed by atoms with van der Waals surface area (Å²) in [4.78, 5) is 12.1. The fourth-order valence-corrected chi connectivity index (χ4v) is 3.78. The zero-order valence-corrected chi connectivity index (χ0v) is 14.5. The van der Waals surface area contributed by atoms with Gasteiger partial charge in [0, 0.05) is 18.9 Å². The van der Waals surface area contributed by atoms with Gasteiger partial charge in [-0.2, -0.15) is 0 Å². The Balaban J connectivity index is 1.88. The molecule has 1 heterocycles. The van der Waals surface area contributed by atoms with Crippen LogP contribution >= 0.6 is 11.6 Å². The van der Waals surface area contributed by atoms with Gasteiger partial charge in [-0.15, -0.1) is 0 Å². The van der Waals surface area contributed by atoms with Gasteiger partial charge in [0.25, 0.3) is 5.91 Å². The van der Waals surface area contributed by atoms with Gasteiger partial charge in [-0.25, -0.2) is 0 Å². The summed E-state index contributed by atoms with van der Waals surface area (Å²) in [7, 11) is 0. The molecule has 1 fully saturated rings. The number of amides is 1. The second-order valence-electron chi connectivity index (χ2n) is 7.51. The zero-order chi connectivity index (χ0) is 16.4. The van der Waals surface area contributed by atoms with Gasteiger partial charge in [-0.1, -0.05) is 23.7 Å². The van der Waals surface area contributed by atoms with Crippen LogP contribution in [0.3, 0.4) is 0 Å². The maximum absolute atomic E-state index is 12.1. The van der Waals surface area contributed by atoms with E-state index in [9.17, 15) is 4.79 Å². The SMILES string of the molecule is CC1(C)CC(NC(=O)COc2ccccc2Cl)CC(C)(C)[NH2+]1. The highest BCUT2D eigenvalue weighted by atomic mass is 35.5. The van der Waals surface area contributed by atoms with E-state index in [4.69, 9.17) is 16.3 Å². The van der Waals surface area contributed by atoms with Crippen molar-refractivity contribution in [1.82, 2.24) is 5.32 Å². The minimum atomic E-state index is -0.0987. The molecule has 1 aromatic carbocycles. The van der Waals surface area contributed by atoms with Gasteiger partial charge < -0.3 is 15.4 Å². The summed E-state index contributed by atoms with van der Waals surface area (Å²) >= 11 is 6.01. The van der Waals surface area contributed by atoms with Crippen LogP contribution in [0.5, 0.6) is 5.75 Å². The number of benzene rings is 1. The third-order valence-electron chi connectivity index (χ3n) is 3.89. The van der Waals surface area contributed by atoms with Crippen molar-refractivity contribution in [2.45, 2.75) is 57.7 Å². The number of nitrogens with two attached hydrogens (primary N) is 1. The van der Waals surface area contributed by atoms with Gasteiger partial charge in [0.15, 0.2) is 6.61 Å². The Morgan fingerprint density at radius 3 is 2.45 bits per heavy atom. The Labute approximate surface area is 137 Å². The summed E-state index contributed by atoms with van der Waals surface area (Å²) < 4.78 is 5.49. The van der Waals surface area contributed by atoms with E-state index in [1.54, 1.807) is 12.1 Å². The van der Waals surface area contributed by atoms with Crippen molar-refractivity contribution in [1.29, 1.82) is 0 Å². The lowest BCUT2D eigenvalue weighted by Crippen LogP contribution is -3.06. The molecule has 2 rings (SSSR count). The molecule has 22 heavy (non-hydrogen) atoms. The Hall–Kier alpha value is -1.26. The van der Waals surface area contributed by atoms with Gasteiger partial charge in [0.2, 0.25) is 0 Å². The fourth-order valence-electron chi connectivity index (χ4n) is 3.59. The molecule has 0 saturated carbocycles. The van der Waals surface area contributed by atoms with E-state index in [1.807, 2.05) is 12.1 Å². The minimum absolute atomic E-state index is 0.00912. The number of rotatable bonds is 4. The summed E-state index contributed by atoms with van der Waals surface area (Å²) in [5.74, 6) is 0.440. The highest BCUT2D eigenvalue weighted by molar-refractivity contribution is 6.32. The zero-order valence-electron chi connectivity index (χ0n) is 13.8. The Kier molecular flexibility index (Phi) is 5.03. The second kappa shape index (κ2) is 6.47. The molecule has 4 nitrogen and oxygen atoms in total. The van der Waals surface area contributed by atoms with Crippen LogP contribution in [0.4, 0.5) is 0 Å².